The first-order valence-electron chi connectivity index (χ1n) is 4.03. The average Bonchev–Trinajstić information content (AvgIpc) is 2.55. The summed E-state index contributed by atoms with van der Waals surface area (Å²) < 4.78 is 0. The summed E-state index contributed by atoms with van der Waals surface area (Å²) in [6.07, 6.45) is 7.51. The van der Waals surface area contributed by atoms with E-state index in [9.17, 15) is 5.11 Å². The van der Waals surface area contributed by atoms with Crippen molar-refractivity contribution in [3.63, 3.8) is 0 Å². The summed E-state index contributed by atoms with van der Waals surface area (Å²) in [6.45, 7) is 0. The predicted octanol–water partition coefficient (Wildman–Crippen LogP) is 1.17. The molecule has 0 bridgehead atoms. The smallest absolute Gasteiger partial charge is 0.0926 e. The molecule has 3 nitrogen and oxygen atoms in total. The van der Waals surface area contributed by atoms with Crippen molar-refractivity contribution in [1.29, 1.82) is 0 Å². The maximum Gasteiger partial charge on any atom is 0.0926 e. The zero-order valence-corrected chi connectivity index (χ0v) is 6.38. The van der Waals surface area contributed by atoms with E-state index in [1.807, 2.05) is 0 Å². The second-order valence-corrected chi connectivity index (χ2v) is 3.23. The Bertz CT molecular complexity index is 224. The van der Waals surface area contributed by atoms with E-state index in [2.05, 4.69) is 10.2 Å². The third-order valence-corrected chi connectivity index (χ3v) is 2.47. The number of aromatic nitrogens is 2. The minimum atomic E-state index is -0.576. The molecule has 2 rings (SSSR count). The highest BCUT2D eigenvalue weighted by Gasteiger charge is 2.33. The molecule has 1 aromatic rings. The number of aromatic amines is 1. The quantitative estimate of drug-likeness (QED) is 0.634. The van der Waals surface area contributed by atoms with Gasteiger partial charge in [0.15, 0.2) is 0 Å². The Hall–Kier alpha value is -0.830. The topological polar surface area (TPSA) is 48.9 Å². The second kappa shape index (κ2) is 2.34. The molecular formula is C8H12N2O. The molecule has 0 saturated heterocycles. The van der Waals surface area contributed by atoms with Crippen molar-refractivity contribution in [3.05, 3.63) is 18.0 Å². The van der Waals surface area contributed by atoms with Crippen molar-refractivity contribution in [1.82, 2.24) is 10.2 Å². The van der Waals surface area contributed by atoms with Crippen LogP contribution in [0.2, 0.25) is 0 Å². The molecule has 1 aliphatic carbocycles. The van der Waals surface area contributed by atoms with Crippen LogP contribution < -0.4 is 0 Å². The first-order valence-corrected chi connectivity index (χ1v) is 4.03. The molecule has 1 saturated carbocycles. The summed E-state index contributed by atoms with van der Waals surface area (Å²) in [7, 11) is 0. The van der Waals surface area contributed by atoms with Gasteiger partial charge in [-0.15, -0.1) is 0 Å². The first-order chi connectivity index (χ1) is 5.31. The molecule has 1 heterocycles. The van der Waals surface area contributed by atoms with Crippen molar-refractivity contribution < 1.29 is 5.11 Å². The molecule has 0 amide bonds. The number of nitrogens with zero attached hydrogens (tertiary/aromatic N) is 1. The highest BCUT2D eigenvalue weighted by molar-refractivity contribution is 5.15. The normalized spacial score (nSPS) is 22.3. The summed E-state index contributed by atoms with van der Waals surface area (Å²) >= 11 is 0. The number of rotatable bonds is 1. The summed E-state index contributed by atoms with van der Waals surface area (Å²) in [5, 5.41) is 16.5. The number of H-pyrrole nitrogens is 1. The lowest BCUT2D eigenvalue weighted by atomic mass is 9.96. The maximum absolute atomic E-state index is 9.99. The van der Waals surface area contributed by atoms with Gasteiger partial charge >= 0.3 is 0 Å². The van der Waals surface area contributed by atoms with E-state index in [-0.39, 0.29) is 0 Å². The van der Waals surface area contributed by atoms with Crippen LogP contribution in [0.25, 0.3) is 0 Å². The fourth-order valence-corrected chi connectivity index (χ4v) is 1.75. The predicted molar refractivity (Wildman–Crippen MR) is 41.0 cm³/mol. The fourth-order valence-electron chi connectivity index (χ4n) is 1.75. The van der Waals surface area contributed by atoms with Crippen LogP contribution in [0.15, 0.2) is 12.4 Å². The third kappa shape index (κ3) is 1.05. The molecule has 0 aromatic carbocycles. The van der Waals surface area contributed by atoms with Gasteiger partial charge < -0.3 is 5.11 Å². The van der Waals surface area contributed by atoms with Crippen molar-refractivity contribution in [3.8, 4) is 0 Å². The van der Waals surface area contributed by atoms with Crippen LogP contribution in [0.1, 0.15) is 31.2 Å². The van der Waals surface area contributed by atoms with Crippen molar-refractivity contribution in [2.24, 2.45) is 0 Å². The van der Waals surface area contributed by atoms with Crippen LogP contribution >= 0.6 is 0 Å². The van der Waals surface area contributed by atoms with E-state index in [1.54, 1.807) is 12.4 Å². The minimum absolute atomic E-state index is 0.576. The van der Waals surface area contributed by atoms with Crippen LogP contribution in [0.5, 0.6) is 0 Å². The zero-order chi connectivity index (χ0) is 7.73. The van der Waals surface area contributed by atoms with Crippen LogP contribution in [0, 0.1) is 0 Å². The third-order valence-electron chi connectivity index (χ3n) is 2.47. The van der Waals surface area contributed by atoms with Gasteiger partial charge in [0.25, 0.3) is 0 Å². The lowest BCUT2D eigenvalue weighted by molar-refractivity contribution is 0.0445. The SMILES string of the molecule is OC1(c2cn[nH]c2)CCCC1. The van der Waals surface area contributed by atoms with Gasteiger partial charge in [0.05, 0.1) is 11.8 Å². The summed E-state index contributed by atoms with van der Waals surface area (Å²) in [5.74, 6) is 0. The molecule has 0 radical (unpaired) electrons. The molecule has 60 valence electrons. The van der Waals surface area contributed by atoms with Crippen LogP contribution in [0.3, 0.4) is 0 Å². The molecule has 1 fully saturated rings. The molecule has 0 aliphatic heterocycles. The Morgan fingerprint density at radius 2 is 2.18 bits per heavy atom. The molecule has 0 atom stereocenters. The van der Waals surface area contributed by atoms with Gasteiger partial charge in [0, 0.05) is 11.8 Å². The Balaban J connectivity index is 2.27. The average molecular weight is 152 g/mol. The molecular weight excluding hydrogens is 140 g/mol. The Kier molecular flexibility index (Phi) is 1.46. The molecule has 3 heteroatoms. The first kappa shape index (κ1) is 6.85. The van der Waals surface area contributed by atoms with Gasteiger partial charge in [-0.3, -0.25) is 5.10 Å². The van der Waals surface area contributed by atoms with Gasteiger partial charge in [-0.1, -0.05) is 12.8 Å². The van der Waals surface area contributed by atoms with Crippen LogP contribution in [-0.2, 0) is 5.60 Å². The number of aliphatic hydroxyl groups is 1. The second-order valence-electron chi connectivity index (χ2n) is 3.23. The number of hydrogen-bond acceptors (Lipinski definition) is 2. The number of nitrogens with one attached hydrogen (secondary N) is 1. The van der Waals surface area contributed by atoms with Gasteiger partial charge in [-0.25, -0.2) is 0 Å². The lowest BCUT2D eigenvalue weighted by Gasteiger charge is -2.19. The van der Waals surface area contributed by atoms with Crippen molar-refractivity contribution >= 4 is 0 Å². The lowest BCUT2D eigenvalue weighted by Crippen LogP contribution is -2.19. The van der Waals surface area contributed by atoms with E-state index >= 15 is 0 Å². The van der Waals surface area contributed by atoms with E-state index < -0.39 is 5.60 Å². The summed E-state index contributed by atoms with van der Waals surface area (Å²) in [5.41, 5.74) is 0.363. The molecule has 1 aromatic heterocycles. The van der Waals surface area contributed by atoms with E-state index in [0.29, 0.717) is 0 Å². The summed E-state index contributed by atoms with van der Waals surface area (Å²) in [6, 6.07) is 0. The van der Waals surface area contributed by atoms with E-state index in [1.165, 1.54) is 0 Å². The van der Waals surface area contributed by atoms with Gasteiger partial charge in [-0.2, -0.15) is 5.10 Å². The standard InChI is InChI=1S/C8H12N2O/c11-8(3-1-2-4-8)7-5-9-10-6-7/h5-6,11H,1-4H2,(H,9,10). The molecule has 1 aliphatic rings. The largest absolute Gasteiger partial charge is 0.385 e. The molecule has 0 unspecified atom stereocenters. The minimum Gasteiger partial charge on any atom is -0.385 e. The van der Waals surface area contributed by atoms with Crippen molar-refractivity contribution in [2.75, 3.05) is 0 Å². The highest BCUT2D eigenvalue weighted by atomic mass is 16.3. The van der Waals surface area contributed by atoms with Gasteiger partial charge in [0.2, 0.25) is 0 Å². The Morgan fingerprint density at radius 3 is 2.73 bits per heavy atom. The van der Waals surface area contributed by atoms with Crippen LogP contribution in [0.4, 0.5) is 0 Å². The van der Waals surface area contributed by atoms with Crippen LogP contribution in [-0.4, -0.2) is 15.3 Å². The van der Waals surface area contributed by atoms with Gasteiger partial charge in [0.1, 0.15) is 0 Å². The van der Waals surface area contributed by atoms with Gasteiger partial charge in [-0.05, 0) is 12.8 Å². The van der Waals surface area contributed by atoms with E-state index in [4.69, 9.17) is 0 Å². The van der Waals surface area contributed by atoms with E-state index in [0.717, 1.165) is 31.2 Å². The monoisotopic (exact) mass is 152 g/mol. The maximum atomic E-state index is 9.99. The Labute approximate surface area is 65.4 Å². The molecule has 2 N–H and O–H groups in total. The fraction of sp³-hybridized carbons (Fsp3) is 0.625. The van der Waals surface area contributed by atoms with Crippen molar-refractivity contribution in [2.45, 2.75) is 31.3 Å². The summed E-state index contributed by atoms with van der Waals surface area (Å²) in [4.78, 5) is 0. The highest BCUT2D eigenvalue weighted by Crippen LogP contribution is 2.37. The molecule has 11 heavy (non-hydrogen) atoms. The number of hydrogen-bond donors (Lipinski definition) is 2. The zero-order valence-electron chi connectivity index (χ0n) is 6.38. The molecule has 0 spiro atoms. The Morgan fingerprint density at radius 1 is 1.45 bits per heavy atom.